The lowest BCUT2D eigenvalue weighted by molar-refractivity contribution is -0.137. The van der Waals surface area contributed by atoms with Gasteiger partial charge in [-0.3, -0.25) is 9.59 Å². The molecule has 3 N–H and O–H groups in total. The topological polar surface area (TPSA) is 103 Å². The van der Waals surface area contributed by atoms with Crippen LogP contribution in [0.4, 0.5) is 0 Å². The monoisotopic (exact) mass is 284 g/mol. The quantitative estimate of drug-likeness (QED) is 0.643. The van der Waals surface area contributed by atoms with Crippen LogP contribution in [0.25, 0.3) is 0 Å². The number of carbonyl (C=O) groups is 1. The summed E-state index contributed by atoms with van der Waals surface area (Å²) in [6.07, 6.45) is 0.671. The lowest BCUT2D eigenvalue weighted by atomic mass is 10.2. The van der Waals surface area contributed by atoms with Gasteiger partial charge in [0.1, 0.15) is 0 Å². The molecule has 1 aromatic rings. The Morgan fingerprint density at radius 2 is 2.15 bits per heavy atom. The normalized spacial score (nSPS) is 12.6. The van der Waals surface area contributed by atoms with Gasteiger partial charge < -0.3 is 24.8 Å². The molecule has 1 atom stereocenters. The molecule has 7 heteroatoms. The fourth-order valence-electron chi connectivity index (χ4n) is 1.84. The minimum absolute atomic E-state index is 0.00915. The molecule has 0 aliphatic carbocycles. The maximum atomic E-state index is 11.5. The van der Waals surface area contributed by atoms with Crippen LogP contribution in [-0.4, -0.2) is 50.5 Å². The first-order valence-corrected chi connectivity index (χ1v) is 6.30. The van der Waals surface area contributed by atoms with Crippen molar-refractivity contribution in [3.8, 4) is 5.75 Å². The Bertz CT molecular complexity index is 524. The van der Waals surface area contributed by atoms with E-state index in [1.54, 1.807) is 23.4 Å². The average Bonchev–Trinajstić information content (AvgIpc) is 2.32. The third-order valence-corrected chi connectivity index (χ3v) is 2.80. The fourth-order valence-corrected chi connectivity index (χ4v) is 1.84. The van der Waals surface area contributed by atoms with Crippen LogP contribution in [0.5, 0.6) is 5.75 Å². The molecule has 1 heterocycles. The highest BCUT2D eigenvalue weighted by Gasteiger charge is 2.11. The lowest BCUT2D eigenvalue weighted by Gasteiger charge is -2.20. The van der Waals surface area contributed by atoms with Gasteiger partial charge >= 0.3 is 5.97 Å². The van der Waals surface area contributed by atoms with Gasteiger partial charge in [0.15, 0.2) is 5.75 Å². The molecule has 0 radical (unpaired) electrons. The van der Waals surface area contributed by atoms with E-state index in [2.05, 4.69) is 0 Å². The second kappa shape index (κ2) is 7.06. The highest BCUT2D eigenvalue weighted by molar-refractivity contribution is 5.66. The van der Waals surface area contributed by atoms with E-state index in [-0.39, 0.29) is 18.7 Å². The number of aromatic hydroxyl groups is 1. The van der Waals surface area contributed by atoms with Crippen molar-refractivity contribution in [2.45, 2.75) is 32.5 Å². The molecular weight excluding hydrogens is 264 g/mol. The summed E-state index contributed by atoms with van der Waals surface area (Å²) < 4.78 is 1.60. The van der Waals surface area contributed by atoms with Crippen molar-refractivity contribution in [3.63, 3.8) is 0 Å². The van der Waals surface area contributed by atoms with Crippen LogP contribution >= 0.6 is 0 Å². The fraction of sp³-hybridized carbons (Fsp3) is 0.538. The van der Waals surface area contributed by atoms with Crippen LogP contribution < -0.4 is 5.43 Å². The molecule has 0 aliphatic heterocycles. The molecule has 0 spiro atoms. The molecule has 7 nitrogen and oxygen atoms in total. The number of aliphatic hydroxyl groups is 1. The largest absolute Gasteiger partial charge is 0.503 e. The highest BCUT2D eigenvalue weighted by atomic mass is 16.4. The Balaban J connectivity index is 2.89. The predicted octanol–water partition coefficient (Wildman–Crippen LogP) is -0.159. The first kappa shape index (κ1) is 16.2. The van der Waals surface area contributed by atoms with Crippen LogP contribution in [0.2, 0.25) is 0 Å². The number of aliphatic carboxylic acids is 1. The summed E-state index contributed by atoms with van der Waals surface area (Å²) in [6.45, 7) is 2.55. The number of carboxylic acid groups (broad SMARTS) is 1. The molecule has 1 rings (SSSR count). The molecule has 0 amide bonds. The summed E-state index contributed by atoms with van der Waals surface area (Å²) in [5.74, 6) is -1.26. The van der Waals surface area contributed by atoms with Crippen LogP contribution in [0.1, 0.15) is 19.0 Å². The maximum Gasteiger partial charge on any atom is 0.304 e. The van der Waals surface area contributed by atoms with Crippen molar-refractivity contribution in [2.75, 3.05) is 13.6 Å². The zero-order chi connectivity index (χ0) is 15.3. The van der Waals surface area contributed by atoms with Crippen molar-refractivity contribution in [3.05, 3.63) is 28.2 Å². The van der Waals surface area contributed by atoms with Crippen molar-refractivity contribution >= 4 is 5.97 Å². The molecule has 1 unspecified atom stereocenters. The van der Waals surface area contributed by atoms with E-state index in [4.69, 9.17) is 5.11 Å². The Morgan fingerprint density at radius 3 is 2.70 bits per heavy atom. The van der Waals surface area contributed by atoms with Crippen LogP contribution in [0, 0.1) is 0 Å². The predicted molar refractivity (Wildman–Crippen MR) is 72.6 cm³/mol. The van der Waals surface area contributed by atoms with Gasteiger partial charge in [-0.2, -0.15) is 0 Å². The van der Waals surface area contributed by atoms with Gasteiger partial charge in [0.05, 0.1) is 18.7 Å². The third-order valence-electron chi connectivity index (χ3n) is 2.80. The molecular formula is C13H20N2O5. The summed E-state index contributed by atoms with van der Waals surface area (Å²) in [5.41, 5.74) is 0.120. The molecule has 1 aromatic heterocycles. The first-order chi connectivity index (χ1) is 9.29. The summed E-state index contributed by atoms with van der Waals surface area (Å²) in [7, 11) is 1.74. The molecule has 0 fully saturated rings. The molecule has 0 bridgehead atoms. The van der Waals surface area contributed by atoms with E-state index in [0.717, 1.165) is 0 Å². The molecule has 0 aliphatic rings. The van der Waals surface area contributed by atoms with Crippen LogP contribution in [0.3, 0.4) is 0 Å². The van der Waals surface area contributed by atoms with Gasteiger partial charge in [0, 0.05) is 31.4 Å². The number of aromatic nitrogens is 1. The van der Waals surface area contributed by atoms with Gasteiger partial charge in [-0.05, 0) is 14.0 Å². The Hall–Kier alpha value is -1.86. The Kier molecular flexibility index (Phi) is 5.72. The van der Waals surface area contributed by atoms with E-state index >= 15 is 0 Å². The molecule has 0 saturated heterocycles. The summed E-state index contributed by atoms with van der Waals surface area (Å²) in [4.78, 5) is 23.8. The van der Waals surface area contributed by atoms with Crippen LogP contribution in [0.15, 0.2) is 17.1 Å². The SMILES string of the molecule is CC(O)Cn1cc(O)c(=O)cc1CN(C)CCC(=O)O. The molecule has 112 valence electrons. The number of nitrogens with zero attached hydrogens (tertiary/aromatic N) is 2. The zero-order valence-electron chi connectivity index (χ0n) is 11.6. The van der Waals surface area contributed by atoms with E-state index < -0.39 is 17.5 Å². The second-order valence-corrected chi connectivity index (χ2v) is 4.90. The zero-order valence-corrected chi connectivity index (χ0v) is 11.6. The Labute approximate surface area is 116 Å². The van der Waals surface area contributed by atoms with Gasteiger partial charge in [-0.25, -0.2) is 0 Å². The van der Waals surface area contributed by atoms with E-state index in [1.807, 2.05) is 0 Å². The maximum absolute atomic E-state index is 11.5. The van der Waals surface area contributed by atoms with Crippen molar-refractivity contribution in [2.24, 2.45) is 0 Å². The lowest BCUT2D eigenvalue weighted by Crippen LogP contribution is -2.26. The van der Waals surface area contributed by atoms with E-state index in [9.17, 15) is 19.8 Å². The Morgan fingerprint density at radius 1 is 1.50 bits per heavy atom. The average molecular weight is 284 g/mol. The number of hydrogen-bond acceptors (Lipinski definition) is 5. The van der Waals surface area contributed by atoms with E-state index in [1.165, 1.54) is 12.3 Å². The van der Waals surface area contributed by atoms with Gasteiger partial charge in [0.25, 0.3) is 0 Å². The summed E-state index contributed by atoms with van der Waals surface area (Å²) in [5, 5.41) is 27.5. The third kappa shape index (κ3) is 5.02. The number of hydrogen-bond donors (Lipinski definition) is 3. The molecule has 0 saturated carbocycles. The van der Waals surface area contributed by atoms with Crippen LogP contribution in [-0.2, 0) is 17.9 Å². The standard InChI is InChI=1S/C13H20N2O5/c1-9(16)6-15-8-12(18)11(17)5-10(15)7-14(2)4-3-13(19)20/h5,8-9,16,18H,3-4,6-7H2,1-2H3,(H,19,20). The molecule has 0 aromatic carbocycles. The summed E-state index contributed by atoms with van der Waals surface area (Å²) >= 11 is 0. The second-order valence-electron chi connectivity index (χ2n) is 4.90. The summed E-state index contributed by atoms with van der Waals surface area (Å²) in [6, 6.07) is 1.30. The minimum atomic E-state index is -0.885. The smallest absolute Gasteiger partial charge is 0.304 e. The van der Waals surface area contributed by atoms with Crippen molar-refractivity contribution in [1.29, 1.82) is 0 Å². The highest BCUT2D eigenvalue weighted by Crippen LogP contribution is 2.09. The molecule has 20 heavy (non-hydrogen) atoms. The van der Waals surface area contributed by atoms with Gasteiger partial charge in [-0.15, -0.1) is 0 Å². The minimum Gasteiger partial charge on any atom is -0.503 e. The van der Waals surface area contributed by atoms with Crippen molar-refractivity contribution < 1.29 is 20.1 Å². The number of pyridine rings is 1. The van der Waals surface area contributed by atoms with Gasteiger partial charge in [-0.1, -0.05) is 0 Å². The first-order valence-electron chi connectivity index (χ1n) is 6.30. The number of carboxylic acids is 1. The number of rotatable bonds is 7. The van der Waals surface area contributed by atoms with Gasteiger partial charge in [0.2, 0.25) is 5.43 Å². The van der Waals surface area contributed by atoms with E-state index in [0.29, 0.717) is 18.8 Å². The van der Waals surface area contributed by atoms with Crippen molar-refractivity contribution in [1.82, 2.24) is 9.47 Å². The number of aliphatic hydroxyl groups excluding tert-OH is 1.